The molecule has 1 aromatic heterocycles. The van der Waals surface area contributed by atoms with Crippen LogP contribution < -0.4 is 15.4 Å². The number of nitrogens with one attached hydrogen (secondary N) is 2. The highest BCUT2D eigenvalue weighted by molar-refractivity contribution is 14.0. The number of ether oxygens (including phenoxy) is 1. The Morgan fingerprint density at radius 2 is 1.96 bits per heavy atom. The third-order valence-electron chi connectivity index (χ3n) is 3.75. The highest BCUT2D eigenvalue weighted by Crippen LogP contribution is 2.23. The fraction of sp³-hybridized carbons (Fsp3) is 0.333. The van der Waals surface area contributed by atoms with Gasteiger partial charge in [-0.15, -0.1) is 24.0 Å². The van der Waals surface area contributed by atoms with Crippen LogP contribution in [0.3, 0.4) is 0 Å². The summed E-state index contributed by atoms with van der Waals surface area (Å²) in [7, 11) is 3.35. The van der Waals surface area contributed by atoms with Gasteiger partial charge in [-0.3, -0.25) is 9.98 Å². The minimum absolute atomic E-state index is 0. The molecule has 25 heavy (non-hydrogen) atoms. The standard InChI is InChI=1S/C18H23FN4O.HI/c1-12-9-21-16(13(2)17(12)24-4)11-23-18(20-3)22-10-14-6-5-7-15(19)8-14;/h5-9H,10-11H2,1-4H3,(H2,20,22,23);1H. The van der Waals surface area contributed by atoms with Crippen molar-refractivity contribution in [2.45, 2.75) is 26.9 Å². The molecule has 1 heterocycles. The predicted molar refractivity (Wildman–Crippen MR) is 109 cm³/mol. The van der Waals surface area contributed by atoms with E-state index in [9.17, 15) is 4.39 Å². The first kappa shape index (κ1) is 21.1. The zero-order valence-electron chi connectivity index (χ0n) is 14.9. The van der Waals surface area contributed by atoms with Crippen molar-refractivity contribution < 1.29 is 9.13 Å². The molecule has 0 unspecified atom stereocenters. The maximum atomic E-state index is 13.2. The van der Waals surface area contributed by atoms with E-state index in [0.717, 1.165) is 28.1 Å². The third kappa shape index (κ3) is 5.84. The van der Waals surface area contributed by atoms with Gasteiger partial charge in [-0.05, 0) is 31.5 Å². The van der Waals surface area contributed by atoms with Crippen LogP contribution in [0.15, 0.2) is 35.5 Å². The number of methoxy groups -OCH3 is 1. The number of aliphatic imine (C=N–C) groups is 1. The molecule has 5 nitrogen and oxygen atoms in total. The van der Waals surface area contributed by atoms with E-state index in [1.807, 2.05) is 19.9 Å². The maximum Gasteiger partial charge on any atom is 0.191 e. The monoisotopic (exact) mass is 458 g/mol. The molecule has 0 aliphatic carbocycles. The van der Waals surface area contributed by atoms with Crippen molar-refractivity contribution in [3.63, 3.8) is 0 Å². The molecule has 0 aliphatic rings. The van der Waals surface area contributed by atoms with E-state index >= 15 is 0 Å². The Bertz CT molecular complexity index is 737. The van der Waals surface area contributed by atoms with E-state index in [-0.39, 0.29) is 29.8 Å². The molecule has 0 fully saturated rings. The molecule has 0 radical (unpaired) electrons. The second-order valence-corrected chi connectivity index (χ2v) is 5.46. The van der Waals surface area contributed by atoms with Gasteiger partial charge in [0.2, 0.25) is 0 Å². The Morgan fingerprint density at radius 1 is 1.24 bits per heavy atom. The number of benzene rings is 1. The van der Waals surface area contributed by atoms with Crippen LogP contribution in [0.1, 0.15) is 22.4 Å². The first-order chi connectivity index (χ1) is 11.5. The zero-order valence-corrected chi connectivity index (χ0v) is 17.2. The topological polar surface area (TPSA) is 58.5 Å². The van der Waals surface area contributed by atoms with Crippen LogP contribution in [-0.2, 0) is 13.1 Å². The molecule has 1 aromatic carbocycles. The summed E-state index contributed by atoms with van der Waals surface area (Å²) in [6.45, 7) is 4.96. The summed E-state index contributed by atoms with van der Waals surface area (Å²) >= 11 is 0. The number of nitrogens with zero attached hydrogens (tertiary/aromatic N) is 2. The number of hydrogen-bond donors (Lipinski definition) is 2. The number of halogens is 2. The lowest BCUT2D eigenvalue weighted by atomic mass is 10.1. The lowest BCUT2D eigenvalue weighted by Gasteiger charge is -2.15. The number of pyridine rings is 1. The molecule has 0 aliphatic heterocycles. The highest BCUT2D eigenvalue weighted by Gasteiger charge is 2.10. The van der Waals surface area contributed by atoms with Gasteiger partial charge in [-0.25, -0.2) is 4.39 Å². The average molecular weight is 458 g/mol. The SMILES string of the molecule is CN=C(NCc1cccc(F)c1)NCc1ncc(C)c(OC)c1C.I. The molecule has 2 aromatic rings. The molecule has 0 atom stereocenters. The van der Waals surface area contributed by atoms with Gasteiger partial charge >= 0.3 is 0 Å². The summed E-state index contributed by atoms with van der Waals surface area (Å²) in [6.07, 6.45) is 1.80. The first-order valence-electron chi connectivity index (χ1n) is 7.73. The average Bonchev–Trinajstić information content (AvgIpc) is 2.57. The van der Waals surface area contributed by atoms with Crippen molar-refractivity contribution in [3.8, 4) is 5.75 Å². The van der Waals surface area contributed by atoms with Crippen molar-refractivity contribution in [3.05, 3.63) is 58.7 Å². The van der Waals surface area contributed by atoms with Crippen molar-refractivity contribution in [2.75, 3.05) is 14.2 Å². The Labute approximate surface area is 165 Å². The minimum atomic E-state index is -0.246. The lowest BCUT2D eigenvalue weighted by molar-refractivity contribution is 0.406. The van der Waals surface area contributed by atoms with E-state index in [0.29, 0.717) is 19.0 Å². The van der Waals surface area contributed by atoms with Crippen LogP contribution in [0.25, 0.3) is 0 Å². The first-order valence-corrected chi connectivity index (χ1v) is 7.73. The van der Waals surface area contributed by atoms with E-state index in [1.165, 1.54) is 12.1 Å². The van der Waals surface area contributed by atoms with Gasteiger partial charge in [-0.1, -0.05) is 12.1 Å². The minimum Gasteiger partial charge on any atom is -0.496 e. The van der Waals surface area contributed by atoms with Gasteiger partial charge in [0.1, 0.15) is 11.6 Å². The normalized spacial score (nSPS) is 10.8. The van der Waals surface area contributed by atoms with Crippen molar-refractivity contribution in [2.24, 2.45) is 4.99 Å². The summed E-state index contributed by atoms with van der Waals surface area (Å²) in [6, 6.07) is 6.47. The zero-order chi connectivity index (χ0) is 17.5. The van der Waals surface area contributed by atoms with Crippen LogP contribution in [0.2, 0.25) is 0 Å². The fourth-order valence-electron chi connectivity index (χ4n) is 2.47. The molecule has 7 heteroatoms. The molecule has 0 amide bonds. The number of aromatic nitrogens is 1. The van der Waals surface area contributed by atoms with Crippen LogP contribution in [0.5, 0.6) is 5.75 Å². The van der Waals surface area contributed by atoms with Crippen molar-refractivity contribution >= 4 is 29.9 Å². The maximum absolute atomic E-state index is 13.2. The van der Waals surface area contributed by atoms with E-state index in [4.69, 9.17) is 4.74 Å². The smallest absolute Gasteiger partial charge is 0.191 e. The summed E-state index contributed by atoms with van der Waals surface area (Å²) in [5.41, 5.74) is 3.76. The van der Waals surface area contributed by atoms with Crippen molar-refractivity contribution in [1.82, 2.24) is 15.6 Å². The summed E-state index contributed by atoms with van der Waals surface area (Å²) in [5, 5.41) is 6.37. The molecule has 0 bridgehead atoms. The lowest BCUT2D eigenvalue weighted by Crippen LogP contribution is -2.36. The summed E-state index contributed by atoms with van der Waals surface area (Å²) < 4.78 is 18.6. The second kappa shape index (κ2) is 10.2. The Balaban J connectivity index is 0.00000312. The molecule has 136 valence electrons. The largest absolute Gasteiger partial charge is 0.496 e. The molecule has 0 spiro atoms. The van der Waals surface area contributed by atoms with Crippen LogP contribution in [-0.4, -0.2) is 25.1 Å². The molecular weight excluding hydrogens is 434 g/mol. The van der Waals surface area contributed by atoms with Crippen LogP contribution in [0.4, 0.5) is 4.39 Å². The number of guanidine groups is 1. The van der Waals surface area contributed by atoms with E-state index < -0.39 is 0 Å². The number of hydrogen-bond acceptors (Lipinski definition) is 3. The van der Waals surface area contributed by atoms with Crippen LogP contribution >= 0.6 is 24.0 Å². The molecule has 0 saturated carbocycles. The van der Waals surface area contributed by atoms with E-state index in [2.05, 4.69) is 20.6 Å². The van der Waals surface area contributed by atoms with Gasteiger partial charge in [0.05, 0.1) is 19.3 Å². The van der Waals surface area contributed by atoms with Crippen LogP contribution in [0, 0.1) is 19.7 Å². The van der Waals surface area contributed by atoms with Gasteiger partial charge in [0.15, 0.2) is 5.96 Å². The molecule has 0 saturated heterocycles. The number of rotatable bonds is 5. The second-order valence-electron chi connectivity index (χ2n) is 5.46. The Hall–Kier alpha value is -1.90. The van der Waals surface area contributed by atoms with Gasteiger partial charge in [0, 0.05) is 30.9 Å². The van der Waals surface area contributed by atoms with Gasteiger partial charge in [-0.2, -0.15) is 0 Å². The third-order valence-corrected chi connectivity index (χ3v) is 3.75. The quantitative estimate of drug-likeness (QED) is 0.410. The predicted octanol–water partition coefficient (Wildman–Crippen LogP) is 3.33. The Kier molecular flexibility index (Phi) is 8.60. The van der Waals surface area contributed by atoms with Gasteiger partial charge < -0.3 is 15.4 Å². The Morgan fingerprint density at radius 3 is 2.60 bits per heavy atom. The number of aryl methyl sites for hydroxylation is 1. The molecule has 2 N–H and O–H groups in total. The molecular formula is C18H24FIN4O. The van der Waals surface area contributed by atoms with Crippen molar-refractivity contribution in [1.29, 1.82) is 0 Å². The molecule has 2 rings (SSSR count). The van der Waals surface area contributed by atoms with Gasteiger partial charge in [0.25, 0.3) is 0 Å². The summed E-state index contributed by atoms with van der Waals surface area (Å²) in [4.78, 5) is 8.62. The highest BCUT2D eigenvalue weighted by atomic mass is 127. The van der Waals surface area contributed by atoms with E-state index in [1.54, 1.807) is 26.4 Å². The fourth-order valence-corrected chi connectivity index (χ4v) is 2.47. The summed E-state index contributed by atoms with van der Waals surface area (Å²) in [5.74, 6) is 1.23.